The zero-order valence-corrected chi connectivity index (χ0v) is 11.0. The molecule has 0 spiro atoms. The second-order valence-corrected chi connectivity index (χ2v) is 7.36. The molecule has 0 aromatic heterocycles. The highest BCUT2D eigenvalue weighted by molar-refractivity contribution is 7.91. The lowest BCUT2D eigenvalue weighted by Crippen LogP contribution is -2.40. The van der Waals surface area contributed by atoms with E-state index in [1.54, 1.807) is 6.92 Å². The van der Waals surface area contributed by atoms with Gasteiger partial charge in [-0.1, -0.05) is 6.92 Å². The molecule has 0 saturated heterocycles. The van der Waals surface area contributed by atoms with Crippen LogP contribution >= 0.6 is 0 Å². The molecule has 0 radical (unpaired) electrons. The van der Waals surface area contributed by atoms with E-state index in [-0.39, 0.29) is 11.5 Å². The molecule has 1 aliphatic rings. The maximum atomic E-state index is 11.5. The Hall–Kier alpha value is -0.130. The lowest BCUT2D eigenvalue weighted by atomic mass is 10.0. The second kappa shape index (κ2) is 5.47. The molecular formula is C11H23NO3S. The van der Waals surface area contributed by atoms with Crippen molar-refractivity contribution in [2.75, 3.05) is 18.1 Å². The highest BCUT2D eigenvalue weighted by Crippen LogP contribution is 2.20. The Morgan fingerprint density at radius 1 is 1.38 bits per heavy atom. The third kappa shape index (κ3) is 5.82. The second-order valence-electron chi connectivity index (χ2n) is 5.05. The standard InChI is InChI=1S/C11H23NO3S/c1-3-7-16(14,15)8-6-11(2,13)9-12-10-4-5-10/h10,12-13H,3-9H2,1-2H3. The molecule has 0 aromatic carbocycles. The SMILES string of the molecule is CCCS(=O)(=O)CCC(C)(O)CNC1CC1. The van der Waals surface area contributed by atoms with Gasteiger partial charge in [0.2, 0.25) is 0 Å². The lowest BCUT2D eigenvalue weighted by molar-refractivity contribution is 0.0562. The monoisotopic (exact) mass is 249 g/mol. The van der Waals surface area contributed by atoms with Gasteiger partial charge < -0.3 is 10.4 Å². The molecule has 1 saturated carbocycles. The first-order valence-electron chi connectivity index (χ1n) is 6.01. The average Bonchev–Trinajstić information content (AvgIpc) is 2.96. The molecule has 0 amide bonds. The number of hydrogen-bond acceptors (Lipinski definition) is 4. The van der Waals surface area contributed by atoms with Gasteiger partial charge in [0.05, 0.1) is 11.4 Å². The van der Waals surface area contributed by atoms with Crippen LogP contribution in [0.25, 0.3) is 0 Å². The van der Waals surface area contributed by atoms with Crippen LogP contribution in [0.4, 0.5) is 0 Å². The normalized spacial score (nSPS) is 20.7. The fourth-order valence-corrected chi connectivity index (χ4v) is 3.11. The van der Waals surface area contributed by atoms with Crippen molar-refractivity contribution in [1.29, 1.82) is 0 Å². The van der Waals surface area contributed by atoms with Gasteiger partial charge in [0, 0.05) is 18.3 Å². The van der Waals surface area contributed by atoms with Crippen LogP contribution in [0.2, 0.25) is 0 Å². The molecule has 16 heavy (non-hydrogen) atoms. The van der Waals surface area contributed by atoms with E-state index in [1.807, 2.05) is 6.92 Å². The molecule has 1 atom stereocenters. The molecule has 1 aliphatic carbocycles. The molecule has 1 unspecified atom stereocenters. The number of sulfone groups is 1. The first-order valence-corrected chi connectivity index (χ1v) is 7.83. The molecule has 1 rings (SSSR count). The Labute approximate surface area is 98.4 Å². The molecule has 2 N–H and O–H groups in total. The minimum atomic E-state index is -2.98. The summed E-state index contributed by atoms with van der Waals surface area (Å²) in [5.41, 5.74) is -0.913. The molecule has 0 bridgehead atoms. The van der Waals surface area contributed by atoms with Gasteiger partial charge in [-0.05, 0) is 32.6 Å². The summed E-state index contributed by atoms with van der Waals surface area (Å²) >= 11 is 0. The molecule has 96 valence electrons. The average molecular weight is 249 g/mol. The predicted octanol–water partition coefficient (Wildman–Crippen LogP) is 0.704. The topological polar surface area (TPSA) is 66.4 Å². The van der Waals surface area contributed by atoms with Crippen LogP contribution in [-0.4, -0.2) is 43.2 Å². The van der Waals surface area contributed by atoms with Crippen LogP contribution in [0.5, 0.6) is 0 Å². The van der Waals surface area contributed by atoms with Crippen LogP contribution in [0.3, 0.4) is 0 Å². The van der Waals surface area contributed by atoms with E-state index in [4.69, 9.17) is 0 Å². The quantitative estimate of drug-likeness (QED) is 0.665. The van der Waals surface area contributed by atoms with Gasteiger partial charge in [0.25, 0.3) is 0 Å². The van der Waals surface area contributed by atoms with Crippen LogP contribution in [-0.2, 0) is 9.84 Å². The third-order valence-electron chi connectivity index (χ3n) is 2.82. The minimum absolute atomic E-state index is 0.0835. The van der Waals surface area contributed by atoms with E-state index in [2.05, 4.69) is 5.32 Å². The largest absolute Gasteiger partial charge is 0.389 e. The van der Waals surface area contributed by atoms with Crippen molar-refractivity contribution in [3.63, 3.8) is 0 Å². The molecule has 0 heterocycles. The summed E-state index contributed by atoms with van der Waals surface area (Å²) in [5, 5.41) is 13.2. The van der Waals surface area contributed by atoms with Crippen molar-refractivity contribution in [2.45, 2.75) is 51.2 Å². The van der Waals surface area contributed by atoms with E-state index < -0.39 is 15.4 Å². The van der Waals surface area contributed by atoms with Gasteiger partial charge in [-0.2, -0.15) is 0 Å². The summed E-state index contributed by atoms with van der Waals surface area (Å²) in [6, 6.07) is 0.540. The van der Waals surface area contributed by atoms with Gasteiger partial charge in [-0.15, -0.1) is 0 Å². The van der Waals surface area contributed by atoms with Crippen molar-refractivity contribution in [3.8, 4) is 0 Å². The van der Waals surface area contributed by atoms with Crippen LogP contribution in [0, 0.1) is 0 Å². The van der Waals surface area contributed by atoms with E-state index in [1.165, 1.54) is 12.8 Å². The minimum Gasteiger partial charge on any atom is -0.389 e. The Morgan fingerprint density at radius 2 is 2.00 bits per heavy atom. The predicted molar refractivity (Wildman–Crippen MR) is 65.2 cm³/mol. The molecule has 0 aliphatic heterocycles. The van der Waals surface area contributed by atoms with Gasteiger partial charge in [-0.25, -0.2) is 8.42 Å². The lowest BCUT2D eigenvalue weighted by Gasteiger charge is -2.23. The van der Waals surface area contributed by atoms with Crippen LogP contribution < -0.4 is 5.32 Å². The van der Waals surface area contributed by atoms with Crippen LogP contribution in [0.1, 0.15) is 39.5 Å². The molecule has 0 aromatic rings. The maximum absolute atomic E-state index is 11.5. The van der Waals surface area contributed by atoms with Gasteiger partial charge in [0.1, 0.15) is 9.84 Å². The number of nitrogens with one attached hydrogen (secondary N) is 1. The van der Waals surface area contributed by atoms with E-state index in [0.717, 1.165) is 0 Å². The molecule has 1 fully saturated rings. The van der Waals surface area contributed by atoms with Crippen molar-refractivity contribution >= 4 is 9.84 Å². The van der Waals surface area contributed by atoms with Crippen molar-refractivity contribution in [3.05, 3.63) is 0 Å². The van der Waals surface area contributed by atoms with E-state index >= 15 is 0 Å². The number of hydrogen-bond donors (Lipinski definition) is 2. The highest BCUT2D eigenvalue weighted by atomic mass is 32.2. The zero-order valence-electron chi connectivity index (χ0n) is 10.2. The summed E-state index contributed by atoms with van der Waals surface area (Å²) in [7, 11) is -2.98. The fraction of sp³-hybridized carbons (Fsp3) is 1.00. The Kier molecular flexibility index (Phi) is 4.76. The summed E-state index contributed by atoms with van der Waals surface area (Å²) in [5.74, 6) is 0.305. The molecule has 4 nitrogen and oxygen atoms in total. The van der Waals surface area contributed by atoms with E-state index in [9.17, 15) is 13.5 Å². The maximum Gasteiger partial charge on any atom is 0.150 e. The smallest absolute Gasteiger partial charge is 0.150 e. The Bertz CT molecular complexity index is 307. The van der Waals surface area contributed by atoms with Crippen molar-refractivity contribution in [2.24, 2.45) is 0 Å². The van der Waals surface area contributed by atoms with Crippen LogP contribution in [0.15, 0.2) is 0 Å². The summed E-state index contributed by atoms with van der Waals surface area (Å²) in [6.45, 7) is 4.04. The zero-order chi connectivity index (χ0) is 12.2. The van der Waals surface area contributed by atoms with Gasteiger partial charge >= 0.3 is 0 Å². The number of rotatable bonds is 8. The third-order valence-corrected chi connectivity index (χ3v) is 4.67. The van der Waals surface area contributed by atoms with Crippen molar-refractivity contribution < 1.29 is 13.5 Å². The van der Waals surface area contributed by atoms with Gasteiger partial charge in [-0.3, -0.25) is 0 Å². The summed E-state index contributed by atoms with van der Waals surface area (Å²) < 4.78 is 23.0. The first-order chi connectivity index (χ1) is 7.35. The highest BCUT2D eigenvalue weighted by Gasteiger charge is 2.27. The molecular weight excluding hydrogens is 226 g/mol. The van der Waals surface area contributed by atoms with Crippen molar-refractivity contribution in [1.82, 2.24) is 5.32 Å². The number of aliphatic hydroxyl groups is 1. The van der Waals surface area contributed by atoms with E-state index in [0.29, 0.717) is 25.4 Å². The molecule has 5 heteroatoms. The first kappa shape index (κ1) is 13.9. The summed E-state index contributed by atoms with van der Waals surface area (Å²) in [4.78, 5) is 0. The fourth-order valence-electron chi connectivity index (χ4n) is 1.53. The Balaban J connectivity index is 2.27. The Morgan fingerprint density at radius 3 is 2.50 bits per heavy atom. The summed E-state index contributed by atoms with van der Waals surface area (Å²) in [6.07, 6.45) is 3.30. The van der Waals surface area contributed by atoms with Gasteiger partial charge in [0.15, 0.2) is 0 Å².